The maximum Gasteiger partial charge on any atom is 0.263 e. The topological polar surface area (TPSA) is 111 Å². The summed E-state index contributed by atoms with van der Waals surface area (Å²) in [4.78, 5) is 25.0. The summed E-state index contributed by atoms with van der Waals surface area (Å²) in [5, 5.41) is 8.98. The van der Waals surface area contributed by atoms with Crippen molar-refractivity contribution in [2.24, 2.45) is 12.2 Å². The first-order valence-electron chi connectivity index (χ1n) is 8.36. The van der Waals surface area contributed by atoms with E-state index in [0.717, 1.165) is 5.56 Å². The van der Waals surface area contributed by atoms with Gasteiger partial charge >= 0.3 is 0 Å². The summed E-state index contributed by atoms with van der Waals surface area (Å²) in [6.45, 7) is 0.282. The van der Waals surface area contributed by atoms with Crippen LogP contribution in [0, 0.1) is 0 Å². The number of pyridine rings is 1. The molecule has 0 unspecified atom stereocenters. The minimum absolute atomic E-state index is 0.0265. The van der Waals surface area contributed by atoms with E-state index in [1.54, 1.807) is 37.4 Å². The Morgan fingerprint density at radius 1 is 1.14 bits per heavy atom. The quantitative estimate of drug-likeness (QED) is 0.656. The largest absolute Gasteiger partial charge is 0.352 e. The standard InChI is InChI=1S/C19H18ClN3O4S/c1-23-17-7-4-14(20)10-13(17)11-16(19(23)25)18(24)22-9-8-12-2-5-15(6-3-12)28(21,26)27/h2-7,10-11H,8-9H2,1H3,(H,22,24)(H2,21,26,27). The number of hydrogen-bond acceptors (Lipinski definition) is 4. The van der Waals surface area contributed by atoms with Gasteiger partial charge in [0.25, 0.3) is 11.5 Å². The molecule has 0 saturated carbocycles. The number of benzene rings is 2. The SMILES string of the molecule is Cn1c(=O)c(C(=O)NCCc2ccc(S(N)(=O)=O)cc2)cc2cc(Cl)ccc21. The van der Waals surface area contributed by atoms with Gasteiger partial charge in [-0.05, 0) is 48.4 Å². The molecule has 7 nitrogen and oxygen atoms in total. The number of halogens is 1. The third-order valence-corrected chi connectivity index (χ3v) is 5.55. The van der Waals surface area contributed by atoms with E-state index in [9.17, 15) is 18.0 Å². The van der Waals surface area contributed by atoms with Gasteiger partial charge in [0.1, 0.15) is 5.56 Å². The highest BCUT2D eigenvalue weighted by Gasteiger charge is 2.14. The zero-order valence-electron chi connectivity index (χ0n) is 15.0. The van der Waals surface area contributed by atoms with Crippen molar-refractivity contribution in [1.82, 2.24) is 9.88 Å². The van der Waals surface area contributed by atoms with Gasteiger partial charge in [0.15, 0.2) is 0 Å². The molecule has 146 valence electrons. The number of carbonyl (C=O) groups is 1. The van der Waals surface area contributed by atoms with Gasteiger partial charge in [-0.25, -0.2) is 13.6 Å². The Bertz CT molecular complexity index is 1220. The molecule has 1 aromatic heterocycles. The number of rotatable bonds is 5. The smallest absolute Gasteiger partial charge is 0.263 e. The van der Waals surface area contributed by atoms with Gasteiger partial charge in [-0.15, -0.1) is 0 Å². The number of primary sulfonamides is 1. The molecule has 0 radical (unpaired) electrons. The zero-order chi connectivity index (χ0) is 20.5. The first kappa shape index (κ1) is 20.1. The lowest BCUT2D eigenvalue weighted by Crippen LogP contribution is -2.33. The summed E-state index contributed by atoms with van der Waals surface area (Å²) >= 11 is 6.00. The van der Waals surface area contributed by atoms with Crippen molar-refractivity contribution >= 4 is 38.4 Å². The van der Waals surface area contributed by atoms with Crippen molar-refractivity contribution in [3.63, 3.8) is 0 Å². The summed E-state index contributed by atoms with van der Waals surface area (Å²) < 4.78 is 23.9. The van der Waals surface area contributed by atoms with Crippen LogP contribution in [0.3, 0.4) is 0 Å². The van der Waals surface area contributed by atoms with Crippen LogP contribution in [-0.2, 0) is 23.5 Å². The lowest BCUT2D eigenvalue weighted by Gasteiger charge is -2.10. The zero-order valence-corrected chi connectivity index (χ0v) is 16.5. The van der Waals surface area contributed by atoms with Crippen molar-refractivity contribution in [2.45, 2.75) is 11.3 Å². The number of nitrogens with two attached hydrogens (primary N) is 1. The van der Waals surface area contributed by atoms with Gasteiger partial charge in [-0.2, -0.15) is 0 Å². The minimum Gasteiger partial charge on any atom is -0.352 e. The number of hydrogen-bond donors (Lipinski definition) is 2. The van der Waals surface area contributed by atoms with Crippen LogP contribution in [0.2, 0.25) is 5.02 Å². The van der Waals surface area contributed by atoms with E-state index in [4.69, 9.17) is 16.7 Å². The fourth-order valence-corrected chi connectivity index (χ4v) is 3.57. The minimum atomic E-state index is -3.74. The molecule has 9 heteroatoms. The number of nitrogens with zero attached hydrogens (tertiary/aromatic N) is 1. The Kier molecular flexibility index (Phi) is 5.55. The van der Waals surface area contributed by atoms with E-state index in [2.05, 4.69) is 5.32 Å². The molecular formula is C19H18ClN3O4S. The molecule has 0 aliphatic carbocycles. The second-order valence-electron chi connectivity index (χ2n) is 6.32. The summed E-state index contributed by atoms with van der Waals surface area (Å²) in [6.07, 6.45) is 0.469. The number of amides is 1. The molecule has 0 bridgehead atoms. The van der Waals surface area contributed by atoms with Crippen LogP contribution in [0.25, 0.3) is 10.9 Å². The molecule has 0 aliphatic rings. The van der Waals surface area contributed by atoms with E-state index < -0.39 is 21.5 Å². The third kappa shape index (κ3) is 4.24. The first-order chi connectivity index (χ1) is 13.2. The monoisotopic (exact) mass is 419 g/mol. The van der Waals surface area contributed by atoms with Crippen LogP contribution < -0.4 is 16.0 Å². The molecule has 0 fully saturated rings. The molecule has 0 atom stereocenters. The third-order valence-electron chi connectivity index (χ3n) is 4.38. The lowest BCUT2D eigenvalue weighted by molar-refractivity contribution is 0.0952. The van der Waals surface area contributed by atoms with Crippen LogP contribution in [0.15, 0.2) is 58.2 Å². The van der Waals surface area contributed by atoms with Crippen LogP contribution in [-0.4, -0.2) is 25.4 Å². The predicted octanol–water partition coefficient (Wildman–Crippen LogP) is 1.81. The van der Waals surface area contributed by atoms with Crippen LogP contribution in [0.4, 0.5) is 0 Å². The van der Waals surface area contributed by atoms with Gasteiger partial charge in [0.05, 0.1) is 10.4 Å². The van der Waals surface area contributed by atoms with E-state index >= 15 is 0 Å². The molecule has 2 aromatic carbocycles. The van der Waals surface area contributed by atoms with Crippen LogP contribution in [0.1, 0.15) is 15.9 Å². The predicted molar refractivity (Wildman–Crippen MR) is 108 cm³/mol. The maximum absolute atomic E-state index is 12.5. The average Bonchev–Trinajstić information content (AvgIpc) is 2.64. The van der Waals surface area contributed by atoms with Crippen molar-refractivity contribution in [3.8, 4) is 0 Å². The van der Waals surface area contributed by atoms with Gasteiger partial charge < -0.3 is 9.88 Å². The van der Waals surface area contributed by atoms with Crippen molar-refractivity contribution in [2.75, 3.05) is 6.54 Å². The summed E-state index contributed by atoms with van der Waals surface area (Å²) in [5.74, 6) is -0.483. The van der Waals surface area contributed by atoms with Crippen molar-refractivity contribution in [3.05, 3.63) is 75.0 Å². The maximum atomic E-state index is 12.5. The van der Waals surface area contributed by atoms with Crippen molar-refractivity contribution < 1.29 is 13.2 Å². The number of aryl methyl sites for hydroxylation is 1. The van der Waals surface area contributed by atoms with E-state index in [-0.39, 0.29) is 17.0 Å². The number of sulfonamides is 1. The Morgan fingerprint density at radius 3 is 2.46 bits per heavy atom. The molecule has 0 aliphatic heterocycles. The van der Waals surface area contributed by atoms with Gasteiger partial charge in [0, 0.05) is 24.0 Å². The Balaban J connectivity index is 1.73. The summed E-state index contributed by atoms with van der Waals surface area (Å²) in [6, 6.07) is 12.7. The molecule has 0 saturated heterocycles. The van der Waals surface area contributed by atoms with Crippen molar-refractivity contribution in [1.29, 1.82) is 0 Å². The second kappa shape index (κ2) is 7.75. The molecule has 1 heterocycles. The normalized spacial score (nSPS) is 11.5. The number of nitrogens with one attached hydrogen (secondary N) is 1. The van der Waals surface area contributed by atoms with E-state index in [0.29, 0.717) is 22.3 Å². The van der Waals surface area contributed by atoms with Crippen LogP contribution >= 0.6 is 11.6 Å². The second-order valence-corrected chi connectivity index (χ2v) is 8.32. The molecule has 3 rings (SSSR count). The highest BCUT2D eigenvalue weighted by molar-refractivity contribution is 7.89. The van der Waals surface area contributed by atoms with E-state index in [1.807, 2.05) is 0 Å². The number of aromatic nitrogens is 1. The Labute approximate surface area is 166 Å². The van der Waals surface area contributed by atoms with E-state index in [1.165, 1.54) is 22.8 Å². The fraction of sp³-hybridized carbons (Fsp3) is 0.158. The molecular weight excluding hydrogens is 402 g/mol. The molecule has 3 N–H and O–H groups in total. The average molecular weight is 420 g/mol. The first-order valence-corrected chi connectivity index (χ1v) is 10.3. The number of carbonyl (C=O) groups excluding carboxylic acids is 1. The summed E-state index contributed by atoms with van der Waals surface area (Å²) in [5.41, 5.74) is 1.14. The Morgan fingerprint density at radius 2 is 1.82 bits per heavy atom. The molecule has 1 amide bonds. The number of fused-ring (bicyclic) bond motifs is 1. The molecule has 0 spiro atoms. The summed E-state index contributed by atoms with van der Waals surface area (Å²) in [7, 11) is -2.14. The Hall–Kier alpha value is -2.68. The lowest BCUT2D eigenvalue weighted by atomic mass is 10.1. The van der Waals surface area contributed by atoms with Gasteiger partial charge in [-0.1, -0.05) is 23.7 Å². The van der Waals surface area contributed by atoms with Crippen LogP contribution in [0.5, 0.6) is 0 Å². The molecule has 3 aromatic rings. The van der Waals surface area contributed by atoms with Gasteiger partial charge in [-0.3, -0.25) is 9.59 Å². The highest BCUT2D eigenvalue weighted by atomic mass is 35.5. The molecule has 28 heavy (non-hydrogen) atoms. The highest BCUT2D eigenvalue weighted by Crippen LogP contribution is 2.18. The van der Waals surface area contributed by atoms with Gasteiger partial charge in [0.2, 0.25) is 10.0 Å². The fourth-order valence-electron chi connectivity index (χ4n) is 2.88.